The molecule has 3 N–H and O–H groups in total. The van der Waals surface area contributed by atoms with Gasteiger partial charge in [-0.3, -0.25) is 19.3 Å². The van der Waals surface area contributed by atoms with Crippen molar-refractivity contribution in [3.8, 4) is 0 Å². The Morgan fingerprint density at radius 1 is 1.12 bits per heavy atom. The van der Waals surface area contributed by atoms with Crippen LogP contribution in [0.5, 0.6) is 0 Å². The maximum absolute atomic E-state index is 15.0. The average molecular weight is 619 g/mol. The lowest BCUT2D eigenvalue weighted by molar-refractivity contribution is -0.130. The summed E-state index contributed by atoms with van der Waals surface area (Å²) >= 11 is 12.6. The molecule has 2 fully saturated rings. The number of amides is 3. The highest BCUT2D eigenvalue weighted by Crippen LogP contribution is 2.57. The Balaban J connectivity index is 1.49. The molecule has 5 rings (SSSR count). The number of fused-ring (bicyclic) bond motifs is 2. The van der Waals surface area contributed by atoms with Crippen molar-refractivity contribution in [1.29, 1.82) is 0 Å². The predicted molar refractivity (Wildman–Crippen MR) is 162 cm³/mol. The van der Waals surface area contributed by atoms with E-state index in [0.29, 0.717) is 54.4 Å². The quantitative estimate of drug-likeness (QED) is 0.452. The number of carbonyl (C=O) groups excluding carboxylic acids is 3. The van der Waals surface area contributed by atoms with Crippen molar-refractivity contribution in [3.63, 3.8) is 0 Å². The molecule has 0 aliphatic carbocycles. The van der Waals surface area contributed by atoms with E-state index in [1.165, 1.54) is 12.1 Å². The van der Waals surface area contributed by atoms with E-state index in [2.05, 4.69) is 41.6 Å². The van der Waals surface area contributed by atoms with Gasteiger partial charge in [0.15, 0.2) is 0 Å². The number of rotatable bonds is 6. The molecule has 0 aromatic heterocycles. The van der Waals surface area contributed by atoms with E-state index in [9.17, 15) is 14.4 Å². The molecule has 3 aliphatic heterocycles. The molecule has 226 valence electrons. The largest absolute Gasteiger partial charge is 0.353 e. The number of halogens is 3. The molecule has 2 aromatic carbocycles. The van der Waals surface area contributed by atoms with Crippen molar-refractivity contribution >= 4 is 46.6 Å². The highest BCUT2D eigenvalue weighted by Gasteiger charge is 2.65. The number of benzene rings is 2. The Bertz CT molecular complexity index is 1390. The Kier molecular flexibility index (Phi) is 8.60. The van der Waals surface area contributed by atoms with Crippen LogP contribution in [0.25, 0.3) is 0 Å². The summed E-state index contributed by atoms with van der Waals surface area (Å²) in [5.41, 5.74) is 0.143. The van der Waals surface area contributed by atoms with Crippen molar-refractivity contribution in [2.24, 2.45) is 5.41 Å². The number of nitrogens with one attached hydrogen (secondary N) is 3. The van der Waals surface area contributed by atoms with Crippen molar-refractivity contribution in [2.45, 2.75) is 57.5 Å². The Morgan fingerprint density at radius 3 is 2.48 bits per heavy atom. The molecule has 4 atom stereocenters. The molecule has 42 heavy (non-hydrogen) atoms. The zero-order chi connectivity index (χ0) is 30.4. The molecule has 3 heterocycles. The molecule has 2 saturated heterocycles. The molecular weight excluding hydrogens is 580 g/mol. The highest BCUT2D eigenvalue weighted by atomic mass is 35.5. The van der Waals surface area contributed by atoms with Gasteiger partial charge in [-0.15, -0.1) is 0 Å². The summed E-state index contributed by atoms with van der Waals surface area (Å²) in [6.07, 6.45) is 0.547. The van der Waals surface area contributed by atoms with Crippen LogP contribution in [0.15, 0.2) is 36.4 Å². The van der Waals surface area contributed by atoms with Gasteiger partial charge in [-0.2, -0.15) is 0 Å². The molecule has 3 amide bonds. The topological polar surface area (TPSA) is 93.8 Å². The van der Waals surface area contributed by atoms with Crippen LogP contribution in [-0.4, -0.2) is 78.9 Å². The monoisotopic (exact) mass is 617 g/mol. The van der Waals surface area contributed by atoms with E-state index in [-0.39, 0.29) is 28.2 Å². The molecule has 8 nitrogen and oxygen atoms in total. The first kappa shape index (κ1) is 30.7. The molecule has 1 spiro atoms. The standard InChI is InChI=1S/C31H38Cl2FN5O3/c1-18(40)39-12-10-38(11-13-39)9-8-35-28(41)27-26(19-6-5-7-20(32)14-19)31(25(37-27)17-30(2,3)4)21-15-23(34)22(33)16-24(21)36-29(31)42/h5-7,14-16,25-27,37H,8-13,17H2,1-4H3,(H,35,41)(H,36,42)/t25-,26+,27-,31+/m1/s1. The van der Waals surface area contributed by atoms with Gasteiger partial charge in [-0.05, 0) is 47.2 Å². The normalized spacial score (nSPS) is 25.9. The Hall–Kier alpha value is -2.72. The van der Waals surface area contributed by atoms with Crippen LogP contribution in [0.1, 0.15) is 51.2 Å². The lowest BCUT2D eigenvalue weighted by Gasteiger charge is -2.37. The van der Waals surface area contributed by atoms with E-state index in [0.717, 1.165) is 13.1 Å². The summed E-state index contributed by atoms with van der Waals surface area (Å²) in [7, 11) is 0. The first-order valence-electron chi connectivity index (χ1n) is 14.4. The minimum atomic E-state index is -1.29. The van der Waals surface area contributed by atoms with Crippen LogP contribution in [0.3, 0.4) is 0 Å². The van der Waals surface area contributed by atoms with Gasteiger partial charge in [0.25, 0.3) is 0 Å². The van der Waals surface area contributed by atoms with Gasteiger partial charge in [-0.1, -0.05) is 56.1 Å². The fourth-order valence-electron chi connectivity index (χ4n) is 6.87. The van der Waals surface area contributed by atoms with Gasteiger partial charge in [0.1, 0.15) is 11.2 Å². The summed E-state index contributed by atoms with van der Waals surface area (Å²) in [5, 5.41) is 9.97. The molecule has 0 bridgehead atoms. The summed E-state index contributed by atoms with van der Waals surface area (Å²) in [6, 6.07) is 8.70. The number of carbonyl (C=O) groups is 3. The molecule has 2 aromatic rings. The van der Waals surface area contributed by atoms with Gasteiger partial charge >= 0.3 is 0 Å². The maximum atomic E-state index is 15.0. The fraction of sp³-hybridized carbons (Fsp3) is 0.516. The Morgan fingerprint density at radius 2 is 1.83 bits per heavy atom. The van der Waals surface area contributed by atoms with E-state index in [4.69, 9.17) is 23.2 Å². The second-order valence-corrected chi connectivity index (χ2v) is 13.6. The van der Waals surface area contributed by atoms with Crippen molar-refractivity contribution in [2.75, 3.05) is 44.6 Å². The first-order chi connectivity index (χ1) is 19.8. The molecule has 0 unspecified atom stereocenters. The van der Waals surface area contributed by atoms with E-state index in [1.54, 1.807) is 25.1 Å². The van der Waals surface area contributed by atoms with Gasteiger partial charge < -0.3 is 20.9 Å². The maximum Gasteiger partial charge on any atom is 0.237 e. The minimum Gasteiger partial charge on any atom is -0.353 e. The van der Waals surface area contributed by atoms with Crippen molar-refractivity contribution in [1.82, 2.24) is 20.4 Å². The summed E-state index contributed by atoms with van der Waals surface area (Å²) in [4.78, 5) is 43.9. The van der Waals surface area contributed by atoms with Crippen LogP contribution in [-0.2, 0) is 19.8 Å². The van der Waals surface area contributed by atoms with E-state index in [1.807, 2.05) is 11.0 Å². The van der Waals surface area contributed by atoms with Crippen LogP contribution in [0.2, 0.25) is 10.0 Å². The molecule has 0 radical (unpaired) electrons. The van der Waals surface area contributed by atoms with Crippen LogP contribution < -0.4 is 16.0 Å². The average Bonchev–Trinajstić information content (AvgIpc) is 3.38. The molecule has 0 saturated carbocycles. The first-order valence-corrected chi connectivity index (χ1v) is 15.1. The lowest BCUT2D eigenvalue weighted by Crippen LogP contribution is -2.51. The number of piperazine rings is 1. The molecule has 3 aliphatic rings. The van der Waals surface area contributed by atoms with Gasteiger partial charge in [0, 0.05) is 68.9 Å². The minimum absolute atomic E-state index is 0.0701. The number of anilines is 1. The smallest absolute Gasteiger partial charge is 0.237 e. The number of hydrogen-bond donors (Lipinski definition) is 3. The third kappa shape index (κ3) is 5.76. The lowest BCUT2D eigenvalue weighted by atomic mass is 9.62. The Labute approximate surface area is 256 Å². The summed E-state index contributed by atoms with van der Waals surface area (Å²) < 4.78 is 15.0. The van der Waals surface area contributed by atoms with E-state index < -0.39 is 29.2 Å². The SMILES string of the molecule is CC(=O)N1CCN(CCNC(=O)[C@@H]2N[C@H](CC(C)(C)C)[C@]3(C(=O)Nc4cc(Cl)c(F)cc43)[C@H]2c2cccc(Cl)c2)CC1. The van der Waals surface area contributed by atoms with Crippen molar-refractivity contribution in [3.05, 3.63) is 63.4 Å². The summed E-state index contributed by atoms with van der Waals surface area (Å²) in [6.45, 7) is 11.6. The highest BCUT2D eigenvalue weighted by molar-refractivity contribution is 6.31. The second kappa shape index (κ2) is 11.8. The van der Waals surface area contributed by atoms with Crippen molar-refractivity contribution < 1.29 is 18.8 Å². The zero-order valence-electron chi connectivity index (χ0n) is 24.4. The molecular formula is C31H38Cl2FN5O3. The van der Waals surface area contributed by atoms with Crippen LogP contribution in [0.4, 0.5) is 10.1 Å². The van der Waals surface area contributed by atoms with E-state index >= 15 is 4.39 Å². The van der Waals surface area contributed by atoms with Crippen LogP contribution >= 0.6 is 23.2 Å². The summed E-state index contributed by atoms with van der Waals surface area (Å²) in [5.74, 6) is -1.77. The zero-order valence-corrected chi connectivity index (χ0v) is 25.9. The molecule has 11 heteroatoms. The third-order valence-corrected chi connectivity index (χ3v) is 9.26. The fourth-order valence-corrected chi connectivity index (χ4v) is 7.23. The number of hydrogen-bond acceptors (Lipinski definition) is 5. The van der Waals surface area contributed by atoms with Gasteiger partial charge in [0.05, 0.1) is 11.1 Å². The third-order valence-electron chi connectivity index (χ3n) is 8.74. The van der Waals surface area contributed by atoms with Crippen LogP contribution in [0, 0.1) is 11.2 Å². The number of nitrogens with zero attached hydrogens (tertiary/aromatic N) is 2. The van der Waals surface area contributed by atoms with Gasteiger partial charge in [-0.25, -0.2) is 4.39 Å². The second-order valence-electron chi connectivity index (χ2n) is 12.8. The van der Waals surface area contributed by atoms with Gasteiger partial charge in [0.2, 0.25) is 17.7 Å². The predicted octanol–water partition coefficient (Wildman–Crippen LogP) is 4.16.